The van der Waals surface area contributed by atoms with Crippen molar-refractivity contribution < 1.29 is 0 Å². The van der Waals surface area contributed by atoms with E-state index in [-0.39, 0.29) is 20.8 Å². The van der Waals surface area contributed by atoms with Crippen molar-refractivity contribution >= 4 is 55.2 Å². The van der Waals surface area contributed by atoms with Gasteiger partial charge in [0.15, 0.2) is 3.86 Å². The highest BCUT2D eigenvalue weighted by Crippen LogP contribution is 2.06. The Balaban J connectivity index is 0. The molecule has 5 heteroatoms. The van der Waals surface area contributed by atoms with E-state index in [2.05, 4.69) is 36.9 Å². The SMILES string of the molecule is Br.NC=NC(Br)Br. The molecule has 0 aromatic heterocycles. The molecule has 0 radical (unpaired) electrons. The lowest BCUT2D eigenvalue weighted by Crippen LogP contribution is -1.90. The van der Waals surface area contributed by atoms with Crippen molar-refractivity contribution in [2.75, 3.05) is 0 Å². The van der Waals surface area contributed by atoms with Gasteiger partial charge in [0.2, 0.25) is 0 Å². The quantitative estimate of drug-likeness (QED) is 0.340. The van der Waals surface area contributed by atoms with Crippen LogP contribution in [0.5, 0.6) is 0 Å². The molecule has 0 aliphatic carbocycles. The summed E-state index contributed by atoms with van der Waals surface area (Å²) in [6, 6.07) is 0. The normalized spacial score (nSPS) is 9.57. The highest BCUT2D eigenvalue weighted by Gasteiger charge is 1.82. The maximum atomic E-state index is 4.88. The van der Waals surface area contributed by atoms with Gasteiger partial charge in [0, 0.05) is 0 Å². The summed E-state index contributed by atoms with van der Waals surface area (Å²) in [5.41, 5.74) is 4.88. The summed E-state index contributed by atoms with van der Waals surface area (Å²) in [6.07, 6.45) is 1.23. The molecule has 7 heavy (non-hydrogen) atoms. The molecule has 0 spiro atoms. The molecule has 0 saturated heterocycles. The molecule has 0 aromatic rings. The van der Waals surface area contributed by atoms with Gasteiger partial charge in [0.05, 0.1) is 6.34 Å². The van der Waals surface area contributed by atoms with Crippen LogP contribution in [-0.4, -0.2) is 10.2 Å². The molecular formula is C2H5Br3N2. The Morgan fingerprint density at radius 2 is 2.00 bits per heavy atom. The lowest BCUT2D eigenvalue weighted by atomic mass is 11.3. The first-order chi connectivity index (χ1) is 2.77. The fourth-order valence-corrected chi connectivity index (χ4v) is 0.338. The largest absolute Gasteiger partial charge is 0.390 e. The molecule has 0 unspecified atom stereocenters. The van der Waals surface area contributed by atoms with E-state index in [9.17, 15) is 0 Å². The van der Waals surface area contributed by atoms with Crippen LogP contribution in [0, 0.1) is 0 Å². The smallest absolute Gasteiger partial charge is 0.160 e. The molecule has 2 nitrogen and oxygen atoms in total. The summed E-state index contributed by atoms with van der Waals surface area (Å²) in [7, 11) is 0. The molecule has 0 amide bonds. The van der Waals surface area contributed by atoms with E-state index in [1.807, 2.05) is 0 Å². The lowest BCUT2D eigenvalue weighted by Gasteiger charge is -1.82. The Morgan fingerprint density at radius 1 is 1.57 bits per heavy atom. The minimum Gasteiger partial charge on any atom is -0.390 e. The third-order valence-electron chi connectivity index (χ3n) is 0.199. The van der Waals surface area contributed by atoms with Crippen LogP contribution in [0.4, 0.5) is 0 Å². The zero-order chi connectivity index (χ0) is 4.99. The Labute approximate surface area is 69.6 Å². The monoisotopic (exact) mass is 294 g/mol. The van der Waals surface area contributed by atoms with E-state index in [1.165, 1.54) is 6.34 Å². The molecule has 2 N–H and O–H groups in total. The third kappa shape index (κ3) is 10.9. The predicted molar refractivity (Wildman–Crippen MR) is 44.6 cm³/mol. The van der Waals surface area contributed by atoms with Crippen molar-refractivity contribution in [1.82, 2.24) is 0 Å². The second-order valence-electron chi connectivity index (χ2n) is 0.576. The van der Waals surface area contributed by atoms with Gasteiger partial charge in [-0.15, -0.1) is 17.0 Å². The highest BCUT2D eigenvalue weighted by atomic mass is 79.9. The topological polar surface area (TPSA) is 38.4 Å². The maximum absolute atomic E-state index is 4.88. The number of alkyl halides is 2. The molecule has 44 valence electrons. The van der Waals surface area contributed by atoms with E-state index in [4.69, 9.17) is 5.73 Å². The van der Waals surface area contributed by atoms with Gasteiger partial charge in [-0.2, -0.15) is 0 Å². The molecule has 0 aliphatic heterocycles. The van der Waals surface area contributed by atoms with Gasteiger partial charge >= 0.3 is 0 Å². The predicted octanol–water partition coefficient (Wildman–Crippen LogP) is 1.62. The summed E-state index contributed by atoms with van der Waals surface area (Å²) >= 11 is 6.15. The fourth-order valence-electron chi connectivity index (χ4n) is 0.0651. The average molecular weight is 297 g/mol. The molecule has 0 heterocycles. The maximum Gasteiger partial charge on any atom is 0.160 e. The van der Waals surface area contributed by atoms with Gasteiger partial charge in [0.25, 0.3) is 0 Å². The zero-order valence-corrected chi connectivity index (χ0v) is 8.23. The third-order valence-corrected chi connectivity index (χ3v) is 0.672. The average Bonchev–Trinajstić information content (AvgIpc) is 1.35. The van der Waals surface area contributed by atoms with E-state index >= 15 is 0 Å². The van der Waals surface area contributed by atoms with Crippen LogP contribution in [-0.2, 0) is 0 Å². The van der Waals surface area contributed by atoms with Gasteiger partial charge in [-0.1, -0.05) is 31.9 Å². The second-order valence-corrected chi connectivity index (χ2v) is 3.54. The van der Waals surface area contributed by atoms with Crippen LogP contribution < -0.4 is 5.73 Å². The fraction of sp³-hybridized carbons (Fsp3) is 0.500. The first-order valence-corrected chi connectivity index (χ1v) is 3.12. The molecule has 0 atom stereocenters. The zero-order valence-electron chi connectivity index (χ0n) is 3.34. The number of halogens is 3. The molecular weight excluding hydrogens is 292 g/mol. The minimum absolute atomic E-state index is 0. The number of hydrogen-bond acceptors (Lipinski definition) is 1. The van der Waals surface area contributed by atoms with Crippen LogP contribution in [0.1, 0.15) is 0 Å². The first-order valence-electron chi connectivity index (χ1n) is 1.29. The minimum atomic E-state index is -0.0324. The van der Waals surface area contributed by atoms with E-state index in [1.54, 1.807) is 0 Å². The van der Waals surface area contributed by atoms with E-state index < -0.39 is 0 Å². The number of nitrogens with two attached hydrogens (primary N) is 1. The van der Waals surface area contributed by atoms with Crippen LogP contribution in [0.15, 0.2) is 4.99 Å². The summed E-state index contributed by atoms with van der Waals surface area (Å²) in [5.74, 6) is 0. The van der Waals surface area contributed by atoms with Crippen LogP contribution in [0.3, 0.4) is 0 Å². The van der Waals surface area contributed by atoms with Crippen molar-refractivity contribution in [2.24, 2.45) is 10.7 Å². The lowest BCUT2D eigenvalue weighted by molar-refractivity contribution is 1.34. The van der Waals surface area contributed by atoms with Gasteiger partial charge in [-0.05, 0) is 0 Å². The van der Waals surface area contributed by atoms with Gasteiger partial charge < -0.3 is 5.73 Å². The second kappa shape index (κ2) is 6.91. The summed E-state index contributed by atoms with van der Waals surface area (Å²) in [4.78, 5) is 3.61. The van der Waals surface area contributed by atoms with Crippen molar-refractivity contribution in [1.29, 1.82) is 0 Å². The van der Waals surface area contributed by atoms with E-state index in [0.29, 0.717) is 0 Å². The van der Waals surface area contributed by atoms with Gasteiger partial charge in [0.1, 0.15) is 0 Å². The number of aliphatic imine (C=N–C) groups is 1. The molecule has 0 fully saturated rings. The Kier molecular flexibility index (Phi) is 10.7. The standard InChI is InChI=1S/C2H4Br2N2.BrH/c3-2(4)6-1-5;/h1-2H,(H2,5,6);1H. The number of hydrogen-bond donors (Lipinski definition) is 1. The van der Waals surface area contributed by atoms with Crippen molar-refractivity contribution in [3.05, 3.63) is 0 Å². The van der Waals surface area contributed by atoms with Crippen molar-refractivity contribution in [3.8, 4) is 0 Å². The Morgan fingerprint density at radius 3 is 2.00 bits per heavy atom. The van der Waals surface area contributed by atoms with Crippen molar-refractivity contribution in [2.45, 2.75) is 3.86 Å². The summed E-state index contributed by atoms with van der Waals surface area (Å²) in [6.45, 7) is 0. The van der Waals surface area contributed by atoms with Crippen LogP contribution >= 0.6 is 48.8 Å². The Bertz CT molecular complexity index is 52.9. The molecule has 0 aliphatic rings. The first kappa shape index (κ1) is 10.8. The van der Waals surface area contributed by atoms with Crippen LogP contribution in [0.2, 0.25) is 0 Å². The van der Waals surface area contributed by atoms with E-state index in [0.717, 1.165) is 0 Å². The number of nitrogens with zero attached hydrogens (tertiary/aromatic N) is 1. The van der Waals surface area contributed by atoms with Gasteiger partial charge in [-0.25, -0.2) is 4.99 Å². The Hall–Kier alpha value is 0.910. The van der Waals surface area contributed by atoms with Crippen molar-refractivity contribution in [3.63, 3.8) is 0 Å². The summed E-state index contributed by atoms with van der Waals surface area (Å²) < 4.78 is -0.0324. The van der Waals surface area contributed by atoms with Gasteiger partial charge in [-0.3, -0.25) is 0 Å². The molecule has 0 aromatic carbocycles. The summed E-state index contributed by atoms with van der Waals surface area (Å²) in [5, 5.41) is 0. The molecule has 0 bridgehead atoms. The molecule has 0 rings (SSSR count). The van der Waals surface area contributed by atoms with Crippen LogP contribution in [0.25, 0.3) is 0 Å². The number of rotatable bonds is 1. The molecule has 0 saturated carbocycles. The highest BCUT2D eigenvalue weighted by molar-refractivity contribution is 9.24.